The molecule has 0 fully saturated rings. The highest BCUT2D eigenvalue weighted by Crippen LogP contribution is 2.33. The van der Waals surface area contributed by atoms with E-state index in [2.05, 4.69) is 20.5 Å². The molecule has 33 heavy (non-hydrogen) atoms. The Balaban J connectivity index is 1.77. The molecule has 0 saturated carbocycles. The standard InChI is InChI=1S/C24H20N4O5/c1-2-33-24-19-16(12-17(26-24)14-8-4-3-5-9-14)21(30)20(27-22(19)31)23(32)28-25-13-15-10-6-7-11-18(15)29/h3-13,29-30H,2H2,1H3,(H,27,31)(H,28,32)/b25-13+. The van der Waals surface area contributed by atoms with Gasteiger partial charge in [-0.15, -0.1) is 0 Å². The molecule has 2 aromatic carbocycles. The van der Waals surface area contributed by atoms with Crippen molar-refractivity contribution in [3.63, 3.8) is 0 Å². The minimum Gasteiger partial charge on any atom is -0.507 e. The molecule has 4 aromatic rings. The van der Waals surface area contributed by atoms with Crippen molar-refractivity contribution in [2.45, 2.75) is 6.92 Å². The highest BCUT2D eigenvalue weighted by Gasteiger charge is 2.21. The molecule has 9 heteroatoms. The maximum Gasteiger partial charge on any atom is 0.291 e. The van der Waals surface area contributed by atoms with Crippen LogP contribution in [0.4, 0.5) is 0 Å². The summed E-state index contributed by atoms with van der Waals surface area (Å²) >= 11 is 0. The van der Waals surface area contributed by atoms with Gasteiger partial charge in [0.05, 0.1) is 18.5 Å². The van der Waals surface area contributed by atoms with E-state index in [1.807, 2.05) is 30.3 Å². The molecule has 9 nitrogen and oxygen atoms in total. The van der Waals surface area contributed by atoms with Crippen LogP contribution >= 0.6 is 0 Å². The summed E-state index contributed by atoms with van der Waals surface area (Å²) in [6.07, 6.45) is 1.24. The monoisotopic (exact) mass is 444 g/mol. The van der Waals surface area contributed by atoms with Crippen molar-refractivity contribution in [2.75, 3.05) is 6.61 Å². The highest BCUT2D eigenvalue weighted by atomic mass is 16.5. The first kappa shape index (κ1) is 21.6. The summed E-state index contributed by atoms with van der Waals surface area (Å²) in [4.78, 5) is 32.2. The van der Waals surface area contributed by atoms with Crippen molar-refractivity contribution in [1.82, 2.24) is 15.4 Å². The van der Waals surface area contributed by atoms with E-state index in [-0.39, 0.29) is 34.7 Å². The smallest absolute Gasteiger partial charge is 0.291 e. The Morgan fingerprint density at radius 1 is 1.15 bits per heavy atom. The predicted octanol–water partition coefficient (Wildman–Crippen LogP) is 3.16. The highest BCUT2D eigenvalue weighted by molar-refractivity contribution is 6.03. The number of aromatic amines is 1. The number of hydrazone groups is 1. The van der Waals surface area contributed by atoms with Gasteiger partial charge in [0.15, 0.2) is 11.4 Å². The Bertz CT molecular complexity index is 1410. The summed E-state index contributed by atoms with van der Waals surface area (Å²) < 4.78 is 5.55. The Hall–Kier alpha value is -4.66. The number of carbonyl (C=O) groups excluding carboxylic acids is 1. The molecule has 166 valence electrons. The number of ether oxygens (including phenoxy) is 1. The van der Waals surface area contributed by atoms with Gasteiger partial charge >= 0.3 is 0 Å². The molecule has 0 atom stereocenters. The van der Waals surface area contributed by atoms with Crippen LogP contribution in [0, 0.1) is 0 Å². The van der Waals surface area contributed by atoms with Gasteiger partial charge in [-0.1, -0.05) is 42.5 Å². The van der Waals surface area contributed by atoms with Gasteiger partial charge in [0.1, 0.15) is 11.1 Å². The number of phenolic OH excluding ortho intramolecular Hbond substituents is 1. The third kappa shape index (κ3) is 4.38. The molecule has 2 heterocycles. The molecule has 1 amide bonds. The average molecular weight is 444 g/mol. The van der Waals surface area contributed by atoms with E-state index in [0.717, 1.165) is 5.56 Å². The number of hydrogen-bond acceptors (Lipinski definition) is 7. The van der Waals surface area contributed by atoms with Crippen molar-refractivity contribution in [3.8, 4) is 28.6 Å². The minimum atomic E-state index is -0.839. The summed E-state index contributed by atoms with van der Waals surface area (Å²) in [7, 11) is 0. The van der Waals surface area contributed by atoms with E-state index < -0.39 is 17.2 Å². The van der Waals surface area contributed by atoms with Crippen LogP contribution in [0.1, 0.15) is 23.0 Å². The van der Waals surface area contributed by atoms with Crippen molar-refractivity contribution in [3.05, 3.63) is 82.3 Å². The summed E-state index contributed by atoms with van der Waals surface area (Å²) in [6.45, 7) is 2.00. The fourth-order valence-electron chi connectivity index (χ4n) is 3.27. The zero-order valence-corrected chi connectivity index (χ0v) is 17.6. The average Bonchev–Trinajstić information content (AvgIpc) is 2.83. The van der Waals surface area contributed by atoms with Crippen LogP contribution in [0.3, 0.4) is 0 Å². The summed E-state index contributed by atoms with van der Waals surface area (Å²) in [6, 6.07) is 17.1. The van der Waals surface area contributed by atoms with Gasteiger partial charge in [0.25, 0.3) is 11.5 Å². The van der Waals surface area contributed by atoms with Gasteiger partial charge in [-0.3, -0.25) is 9.59 Å². The number of amides is 1. The third-order valence-electron chi connectivity index (χ3n) is 4.83. The Labute approximate surface area is 188 Å². The van der Waals surface area contributed by atoms with Crippen LogP contribution in [0.2, 0.25) is 0 Å². The lowest BCUT2D eigenvalue weighted by molar-refractivity contribution is 0.0947. The Morgan fingerprint density at radius 3 is 2.61 bits per heavy atom. The number of hydrogen-bond donors (Lipinski definition) is 4. The SMILES string of the molecule is CCOc1nc(-c2ccccc2)cc2c(O)c(C(=O)N/N=C/c3ccccc3O)[nH]c(=O)c12. The molecule has 0 radical (unpaired) electrons. The van der Waals surface area contributed by atoms with Gasteiger partial charge in [-0.25, -0.2) is 10.4 Å². The molecule has 0 saturated heterocycles. The Kier molecular flexibility index (Phi) is 6.03. The lowest BCUT2D eigenvalue weighted by Gasteiger charge is -2.12. The quantitative estimate of drug-likeness (QED) is 0.266. The lowest BCUT2D eigenvalue weighted by Crippen LogP contribution is -2.23. The van der Waals surface area contributed by atoms with Crippen LogP contribution in [0.25, 0.3) is 22.0 Å². The first-order chi connectivity index (χ1) is 16.0. The van der Waals surface area contributed by atoms with Crippen LogP contribution < -0.4 is 15.7 Å². The molecular weight excluding hydrogens is 424 g/mol. The number of H-pyrrole nitrogens is 1. The number of aromatic hydroxyl groups is 2. The number of nitrogens with zero attached hydrogens (tertiary/aromatic N) is 2. The van der Waals surface area contributed by atoms with E-state index in [1.165, 1.54) is 18.3 Å². The van der Waals surface area contributed by atoms with Crippen LogP contribution in [0.15, 0.2) is 70.6 Å². The number of nitrogens with one attached hydrogen (secondary N) is 2. The first-order valence-electron chi connectivity index (χ1n) is 10.1. The number of benzene rings is 2. The lowest BCUT2D eigenvalue weighted by atomic mass is 10.1. The van der Waals surface area contributed by atoms with Gasteiger partial charge in [-0.05, 0) is 25.1 Å². The maximum atomic E-state index is 12.8. The zero-order valence-electron chi connectivity index (χ0n) is 17.6. The zero-order chi connectivity index (χ0) is 23.4. The maximum absolute atomic E-state index is 12.8. The molecule has 0 aliphatic carbocycles. The number of aromatic nitrogens is 2. The largest absolute Gasteiger partial charge is 0.507 e. The molecule has 4 rings (SSSR count). The molecule has 0 bridgehead atoms. The number of phenols is 1. The van der Waals surface area contributed by atoms with Crippen molar-refractivity contribution < 1.29 is 19.7 Å². The number of fused-ring (bicyclic) bond motifs is 1. The normalized spacial score (nSPS) is 11.1. The van der Waals surface area contributed by atoms with Gasteiger partial charge in [0, 0.05) is 16.5 Å². The summed E-state index contributed by atoms with van der Waals surface area (Å²) in [5, 5.41) is 24.6. The molecular formula is C24H20N4O5. The fourth-order valence-corrected chi connectivity index (χ4v) is 3.27. The topological polar surface area (TPSA) is 137 Å². The first-order valence-corrected chi connectivity index (χ1v) is 10.1. The summed E-state index contributed by atoms with van der Waals surface area (Å²) in [5.41, 5.74) is 2.83. The third-order valence-corrected chi connectivity index (χ3v) is 4.83. The van der Waals surface area contributed by atoms with Crippen molar-refractivity contribution in [1.29, 1.82) is 0 Å². The van der Waals surface area contributed by atoms with Gasteiger partial charge < -0.3 is 19.9 Å². The van der Waals surface area contributed by atoms with Crippen LogP contribution in [-0.4, -0.2) is 38.9 Å². The van der Waals surface area contributed by atoms with E-state index in [1.54, 1.807) is 25.1 Å². The number of rotatable bonds is 6. The predicted molar refractivity (Wildman–Crippen MR) is 124 cm³/mol. The van der Waals surface area contributed by atoms with Crippen LogP contribution in [-0.2, 0) is 0 Å². The van der Waals surface area contributed by atoms with Gasteiger partial charge in [-0.2, -0.15) is 5.10 Å². The summed E-state index contributed by atoms with van der Waals surface area (Å²) in [5.74, 6) is -1.24. The molecule has 0 aliphatic heterocycles. The number of pyridine rings is 2. The second-order valence-electron chi connectivity index (χ2n) is 6.97. The second kappa shape index (κ2) is 9.23. The number of carbonyl (C=O) groups is 1. The molecule has 0 aliphatic rings. The fraction of sp³-hybridized carbons (Fsp3) is 0.0833. The van der Waals surface area contributed by atoms with Crippen molar-refractivity contribution >= 4 is 22.9 Å². The molecule has 0 unspecified atom stereocenters. The van der Waals surface area contributed by atoms with E-state index in [9.17, 15) is 19.8 Å². The van der Waals surface area contributed by atoms with E-state index >= 15 is 0 Å². The van der Waals surface area contributed by atoms with E-state index in [4.69, 9.17) is 4.74 Å². The minimum absolute atomic E-state index is 0.0122. The molecule has 4 N–H and O–H groups in total. The second-order valence-corrected chi connectivity index (χ2v) is 6.97. The molecule has 2 aromatic heterocycles. The van der Waals surface area contributed by atoms with E-state index in [0.29, 0.717) is 11.3 Å². The van der Waals surface area contributed by atoms with Crippen LogP contribution in [0.5, 0.6) is 17.4 Å². The van der Waals surface area contributed by atoms with Gasteiger partial charge in [0.2, 0.25) is 5.88 Å². The number of para-hydroxylation sites is 1. The van der Waals surface area contributed by atoms with Crippen molar-refractivity contribution in [2.24, 2.45) is 5.10 Å². The Morgan fingerprint density at radius 2 is 1.88 bits per heavy atom. The molecule has 0 spiro atoms.